The van der Waals surface area contributed by atoms with Crippen LogP contribution in [0.5, 0.6) is 0 Å². The summed E-state index contributed by atoms with van der Waals surface area (Å²) in [6, 6.07) is 0. The Bertz CT molecular complexity index is 1450. The van der Waals surface area contributed by atoms with Gasteiger partial charge >= 0.3 is 17.9 Å². The zero-order chi connectivity index (χ0) is 49.3. The van der Waals surface area contributed by atoms with Crippen LogP contribution in [0.1, 0.15) is 233 Å². The van der Waals surface area contributed by atoms with Gasteiger partial charge in [-0.2, -0.15) is 0 Å². The van der Waals surface area contributed by atoms with E-state index >= 15 is 0 Å². The second-order valence-electron chi connectivity index (χ2n) is 17.8. The van der Waals surface area contributed by atoms with Crippen molar-refractivity contribution in [1.29, 1.82) is 0 Å². The number of carbonyl (C=O) groups excluding carboxylic acids is 3. The molecule has 0 radical (unpaired) electrons. The van der Waals surface area contributed by atoms with Gasteiger partial charge in [-0.1, -0.05) is 226 Å². The molecule has 0 aromatic carbocycles. The van der Waals surface area contributed by atoms with Crippen molar-refractivity contribution in [3.8, 4) is 0 Å². The molecule has 0 rings (SSSR count). The molecule has 0 aliphatic rings. The summed E-state index contributed by atoms with van der Waals surface area (Å²) in [4.78, 5) is 38.1. The number of unbranched alkanes of at least 4 members (excludes halogenated alkanes) is 19. The highest BCUT2D eigenvalue weighted by Gasteiger charge is 2.19. The first kappa shape index (κ1) is 63.8. The van der Waals surface area contributed by atoms with Crippen molar-refractivity contribution in [3.63, 3.8) is 0 Å². The number of ether oxygens (including phenoxy) is 3. The summed E-state index contributed by atoms with van der Waals surface area (Å²) in [5, 5.41) is 0. The van der Waals surface area contributed by atoms with E-state index in [1.54, 1.807) is 0 Å². The van der Waals surface area contributed by atoms with Gasteiger partial charge in [-0.3, -0.25) is 14.4 Å². The van der Waals surface area contributed by atoms with Crippen LogP contribution >= 0.6 is 0 Å². The average molecular weight is 941 g/mol. The van der Waals surface area contributed by atoms with Crippen molar-refractivity contribution in [1.82, 2.24) is 0 Å². The molecule has 0 aromatic heterocycles. The number of hydrogen-bond acceptors (Lipinski definition) is 6. The topological polar surface area (TPSA) is 78.9 Å². The molecule has 0 saturated carbocycles. The second kappa shape index (κ2) is 55.4. The minimum Gasteiger partial charge on any atom is -0.462 e. The minimum atomic E-state index is -0.800. The van der Waals surface area contributed by atoms with Gasteiger partial charge in [-0.25, -0.2) is 0 Å². The summed E-state index contributed by atoms with van der Waals surface area (Å²) in [6.07, 6.45) is 76.1. The molecular weight excluding hydrogens is 841 g/mol. The van der Waals surface area contributed by atoms with Gasteiger partial charge in [-0.05, 0) is 109 Å². The quantitative estimate of drug-likeness (QED) is 0.0199. The van der Waals surface area contributed by atoms with E-state index in [2.05, 4.69) is 142 Å². The van der Waals surface area contributed by atoms with Gasteiger partial charge in [0.1, 0.15) is 13.2 Å². The molecule has 0 N–H and O–H groups in total. The summed E-state index contributed by atoms with van der Waals surface area (Å²) < 4.78 is 16.8. The van der Waals surface area contributed by atoms with E-state index in [-0.39, 0.29) is 31.1 Å². The standard InChI is InChI=1S/C62H100O6/c1-4-7-10-13-16-19-22-25-28-30-31-32-35-37-40-43-46-49-52-55-61(64)67-58-59(57-66-60(63)54-51-48-45-42-39-36-33-27-24-21-18-15-12-9-6-3)68-62(65)56-53-50-47-44-41-38-34-29-26-23-20-17-14-11-8-5-2/h7-12,15-21,24-26,28-29,31-32,59H,4-6,13-14,22-23,27,30,33-58H2,1-3H3/b10-7-,11-8-,12-9-,18-15-,19-16-,20-17-,24-21-,28-25-,29-26-,32-31-. The summed E-state index contributed by atoms with van der Waals surface area (Å²) in [5.74, 6) is -0.939. The number of rotatable bonds is 48. The Morgan fingerprint density at radius 1 is 0.309 bits per heavy atom. The Morgan fingerprint density at radius 2 is 0.603 bits per heavy atom. The lowest BCUT2D eigenvalue weighted by molar-refractivity contribution is -0.167. The predicted molar refractivity (Wildman–Crippen MR) is 293 cm³/mol. The van der Waals surface area contributed by atoms with E-state index in [0.29, 0.717) is 19.3 Å². The molecule has 0 aliphatic carbocycles. The first-order valence-electron chi connectivity index (χ1n) is 27.6. The minimum absolute atomic E-state index is 0.0977. The Hall–Kier alpha value is -4.19. The Labute approximate surface area is 418 Å². The van der Waals surface area contributed by atoms with Crippen molar-refractivity contribution < 1.29 is 28.6 Å². The van der Waals surface area contributed by atoms with Crippen LogP contribution in [-0.2, 0) is 28.6 Å². The third-order valence-electron chi connectivity index (χ3n) is 11.3. The van der Waals surface area contributed by atoms with Crippen LogP contribution in [0.15, 0.2) is 122 Å². The van der Waals surface area contributed by atoms with Gasteiger partial charge in [0.2, 0.25) is 0 Å². The predicted octanol–water partition coefficient (Wildman–Crippen LogP) is 18.5. The fourth-order valence-corrected chi connectivity index (χ4v) is 7.21. The van der Waals surface area contributed by atoms with Gasteiger partial charge in [-0.15, -0.1) is 0 Å². The average Bonchev–Trinajstić information content (AvgIpc) is 3.34. The fraction of sp³-hybridized carbons (Fsp3) is 0.629. The first-order valence-corrected chi connectivity index (χ1v) is 27.6. The van der Waals surface area contributed by atoms with Gasteiger partial charge in [0, 0.05) is 19.3 Å². The van der Waals surface area contributed by atoms with E-state index in [4.69, 9.17) is 14.2 Å². The summed E-state index contributed by atoms with van der Waals surface area (Å²) in [6.45, 7) is 6.25. The Morgan fingerprint density at radius 3 is 0.985 bits per heavy atom. The first-order chi connectivity index (χ1) is 33.5. The van der Waals surface area contributed by atoms with Gasteiger partial charge < -0.3 is 14.2 Å². The molecule has 0 spiro atoms. The molecule has 0 amide bonds. The van der Waals surface area contributed by atoms with Gasteiger partial charge in [0.15, 0.2) is 6.10 Å². The van der Waals surface area contributed by atoms with E-state index in [9.17, 15) is 14.4 Å². The number of allylic oxidation sites excluding steroid dienone is 20. The zero-order valence-corrected chi connectivity index (χ0v) is 43.8. The Kier molecular flexibility index (Phi) is 52.0. The smallest absolute Gasteiger partial charge is 0.306 e. The fourth-order valence-electron chi connectivity index (χ4n) is 7.21. The van der Waals surface area contributed by atoms with Gasteiger partial charge in [0.25, 0.3) is 0 Å². The largest absolute Gasteiger partial charge is 0.462 e. The van der Waals surface area contributed by atoms with Crippen molar-refractivity contribution >= 4 is 17.9 Å². The monoisotopic (exact) mass is 941 g/mol. The van der Waals surface area contributed by atoms with Gasteiger partial charge in [0.05, 0.1) is 0 Å². The zero-order valence-electron chi connectivity index (χ0n) is 43.8. The molecule has 0 fully saturated rings. The van der Waals surface area contributed by atoms with Crippen molar-refractivity contribution in [2.24, 2.45) is 0 Å². The maximum absolute atomic E-state index is 12.8. The molecule has 384 valence electrons. The normalized spacial score (nSPS) is 13.0. The van der Waals surface area contributed by atoms with E-state index < -0.39 is 6.10 Å². The van der Waals surface area contributed by atoms with Crippen LogP contribution in [-0.4, -0.2) is 37.2 Å². The summed E-state index contributed by atoms with van der Waals surface area (Å²) in [5.41, 5.74) is 0. The number of hydrogen-bond donors (Lipinski definition) is 0. The molecular formula is C62H100O6. The third kappa shape index (κ3) is 52.8. The highest BCUT2D eigenvalue weighted by molar-refractivity contribution is 5.71. The number of carbonyl (C=O) groups is 3. The van der Waals surface area contributed by atoms with Crippen LogP contribution in [0, 0.1) is 0 Å². The van der Waals surface area contributed by atoms with Crippen molar-refractivity contribution in [3.05, 3.63) is 122 Å². The molecule has 0 saturated heterocycles. The SMILES string of the molecule is CC\C=C/C=C\C=C/CCCCCCCCCC(=O)OCC(COC(=O)CCCCCCCC/C=C\C/C=C\C/C=C\C/C=C\CC)OC(=O)CCCCCCCC/C=C\C/C=C\C/C=C\CC. The highest BCUT2D eigenvalue weighted by Crippen LogP contribution is 2.14. The van der Waals surface area contributed by atoms with E-state index in [0.717, 1.165) is 141 Å². The van der Waals surface area contributed by atoms with Crippen LogP contribution < -0.4 is 0 Å². The van der Waals surface area contributed by atoms with Crippen LogP contribution in [0.4, 0.5) is 0 Å². The molecule has 1 atom stereocenters. The molecule has 0 aliphatic heterocycles. The lowest BCUT2D eigenvalue weighted by atomic mass is 10.1. The van der Waals surface area contributed by atoms with Crippen LogP contribution in [0.25, 0.3) is 0 Å². The maximum atomic E-state index is 12.8. The molecule has 0 aromatic rings. The lowest BCUT2D eigenvalue weighted by Crippen LogP contribution is -2.30. The number of esters is 3. The van der Waals surface area contributed by atoms with Crippen molar-refractivity contribution in [2.45, 2.75) is 239 Å². The third-order valence-corrected chi connectivity index (χ3v) is 11.3. The summed E-state index contributed by atoms with van der Waals surface area (Å²) in [7, 11) is 0. The van der Waals surface area contributed by atoms with E-state index in [1.165, 1.54) is 51.4 Å². The molecule has 0 heterocycles. The lowest BCUT2D eigenvalue weighted by Gasteiger charge is -2.18. The Balaban J connectivity index is 4.46. The maximum Gasteiger partial charge on any atom is 0.306 e. The second-order valence-corrected chi connectivity index (χ2v) is 17.8. The molecule has 1 unspecified atom stereocenters. The van der Waals surface area contributed by atoms with Crippen LogP contribution in [0.2, 0.25) is 0 Å². The summed E-state index contributed by atoms with van der Waals surface area (Å²) >= 11 is 0. The van der Waals surface area contributed by atoms with Crippen molar-refractivity contribution in [2.75, 3.05) is 13.2 Å². The van der Waals surface area contributed by atoms with E-state index in [1.807, 2.05) is 0 Å². The molecule has 68 heavy (non-hydrogen) atoms. The molecule has 6 heteroatoms. The molecule has 0 bridgehead atoms. The molecule has 6 nitrogen and oxygen atoms in total. The van der Waals surface area contributed by atoms with Crippen LogP contribution in [0.3, 0.4) is 0 Å². The highest BCUT2D eigenvalue weighted by atomic mass is 16.6.